The number of esters is 1. The van der Waals surface area contributed by atoms with Crippen LogP contribution in [0.5, 0.6) is 0 Å². The summed E-state index contributed by atoms with van der Waals surface area (Å²) < 4.78 is 5.02. The summed E-state index contributed by atoms with van der Waals surface area (Å²) >= 11 is 0. The summed E-state index contributed by atoms with van der Waals surface area (Å²) in [6, 6.07) is 17.4. The van der Waals surface area contributed by atoms with E-state index in [1.807, 2.05) is 43.5 Å². The molecule has 4 rings (SSSR count). The van der Waals surface area contributed by atoms with Gasteiger partial charge in [-0.05, 0) is 36.0 Å². The van der Waals surface area contributed by atoms with Gasteiger partial charge in [-0.25, -0.2) is 9.59 Å². The van der Waals surface area contributed by atoms with E-state index in [2.05, 4.69) is 34.6 Å². The van der Waals surface area contributed by atoms with Crippen LogP contribution in [0.2, 0.25) is 0 Å². The molecule has 6 heteroatoms. The molecule has 1 aliphatic heterocycles. The van der Waals surface area contributed by atoms with Crippen molar-refractivity contribution in [1.29, 1.82) is 0 Å². The fourth-order valence-corrected chi connectivity index (χ4v) is 4.53. The van der Waals surface area contributed by atoms with Crippen LogP contribution in [0.25, 0.3) is 10.9 Å². The maximum absolute atomic E-state index is 13.0. The number of para-hydroxylation sites is 1. The molecule has 31 heavy (non-hydrogen) atoms. The Morgan fingerprint density at radius 2 is 1.74 bits per heavy atom. The van der Waals surface area contributed by atoms with Gasteiger partial charge in [0.1, 0.15) is 6.04 Å². The van der Waals surface area contributed by atoms with E-state index in [1.165, 1.54) is 12.7 Å². The number of nitrogens with one attached hydrogen (secondary N) is 2. The molecule has 2 aromatic carbocycles. The maximum Gasteiger partial charge on any atom is 0.329 e. The Bertz CT molecular complexity index is 1040. The first-order valence-corrected chi connectivity index (χ1v) is 10.8. The lowest BCUT2D eigenvalue weighted by Gasteiger charge is -2.34. The number of benzene rings is 2. The summed E-state index contributed by atoms with van der Waals surface area (Å²) in [6.45, 7) is 3.28. The molecule has 0 saturated carbocycles. The third-order valence-electron chi connectivity index (χ3n) is 6.40. The summed E-state index contributed by atoms with van der Waals surface area (Å²) in [5, 5.41) is 3.99. The van der Waals surface area contributed by atoms with E-state index in [9.17, 15) is 9.59 Å². The first kappa shape index (κ1) is 21.0. The van der Waals surface area contributed by atoms with Crippen molar-refractivity contribution in [3.05, 3.63) is 71.9 Å². The largest absolute Gasteiger partial charge is 0.467 e. The van der Waals surface area contributed by atoms with Gasteiger partial charge in [0.05, 0.1) is 7.11 Å². The normalized spacial score (nSPS) is 16.6. The van der Waals surface area contributed by atoms with Gasteiger partial charge in [-0.1, -0.05) is 55.5 Å². The molecule has 0 aliphatic carbocycles. The molecule has 2 N–H and O–H groups in total. The van der Waals surface area contributed by atoms with Crippen LogP contribution in [0.4, 0.5) is 4.79 Å². The van der Waals surface area contributed by atoms with E-state index in [1.54, 1.807) is 4.90 Å². The number of piperidine rings is 1. The lowest BCUT2D eigenvalue weighted by Crippen LogP contribution is -2.52. The number of nitrogens with zero attached hydrogens (tertiary/aromatic N) is 1. The van der Waals surface area contributed by atoms with Crippen molar-refractivity contribution in [2.75, 3.05) is 20.2 Å². The summed E-state index contributed by atoms with van der Waals surface area (Å²) in [5.41, 5.74) is 3.30. The van der Waals surface area contributed by atoms with Crippen molar-refractivity contribution in [1.82, 2.24) is 15.2 Å². The molecule has 1 fully saturated rings. The van der Waals surface area contributed by atoms with Crippen molar-refractivity contribution in [2.24, 2.45) is 0 Å². The number of amides is 2. The number of hydrogen-bond donors (Lipinski definition) is 2. The Balaban J connectivity index is 1.44. The van der Waals surface area contributed by atoms with Crippen LogP contribution in [-0.4, -0.2) is 48.1 Å². The lowest BCUT2D eigenvalue weighted by molar-refractivity contribution is -0.143. The van der Waals surface area contributed by atoms with E-state index in [0.29, 0.717) is 19.0 Å². The molecule has 1 saturated heterocycles. The Kier molecular flexibility index (Phi) is 6.26. The second-order valence-electron chi connectivity index (χ2n) is 8.20. The Morgan fingerprint density at radius 3 is 2.45 bits per heavy atom. The minimum Gasteiger partial charge on any atom is -0.467 e. The number of fused-ring (bicyclic) bond motifs is 1. The number of likely N-dealkylation sites (tertiary alicyclic amines) is 1. The van der Waals surface area contributed by atoms with Crippen LogP contribution in [0.1, 0.15) is 42.7 Å². The second kappa shape index (κ2) is 9.25. The summed E-state index contributed by atoms with van der Waals surface area (Å²) in [4.78, 5) is 30.6. The zero-order valence-electron chi connectivity index (χ0n) is 18.0. The topological polar surface area (TPSA) is 74.4 Å². The van der Waals surface area contributed by atoms with Gasteiger partial charge in [-0.3, -0.25) is 0 Å². The number of rotatable bonds is 5. The predicted octanol–water partition coefficient (Wildman–Crippen LogP) is 4.40. The van der Waals surface area contributed by atoms with Crippen LogP contribution in [-0.2, 0) is 9.53 Å². The average molecular weight is 420 g/mol. The molecule has 3 aromatic rings. The average Bonchev–Trinajstić information content (AvgIpc) is 3.26. The molecule has 2 amide bonds. The molecular weight excluding hydrogens is 390 g/mol. The summed E-state index contributed by atoms with van der Waals surface area (Å²) in [6.07, 6.45) is 3.74. The SMILES string of the molecule is COC(=O)C(NC(=O)N1CCC(c2ccccc2)CC1)C(C)c1c[nH]c2ccccc12. The van der Waals surface area contributed by atoms with E-state index >= 15 is 0 Å². The molecule has 162 valence electrons. The Hall–Kier alpha value is -3.28. The van der Waals surface area contributed by atoms with Crippen LogP contribution in [0.3, 0.4) is 0 Å². The number of carbonyl (C=O) groups excluding carboxylic acids is 2. The van der Waals surface area contributed by atoms with Crippen LogP contribution in [0.15, 0.2) is 60.8 Å². The number of aromatic amines is 1. The van der Waals surface area contributed by atoms with Gasteiger partial charge in [0.15, 0.2) is 0 Å². The van der Waals surface area contributed by atoms with Gasteiger partial charge in [0.25, 0.3) is 0 Å². The highest BCUT2D eigenvalue weighted by Gasteiger charge is 2.33. The monoisotopic (exact) mass is 419 g/mol. The Morgan fingerprint density at radius 1 is 1.06 bits per heavy atom. The highest BCUT2D eigenvalue weighted by atomic mass is 16.5. The van der Waals surface area contributed by atoms with Crippen molar-refractivity contribution in [3.63, 3.8) is 0 Å². The number of H-pyrrole nitrogens is 1. The summed E-state index contributed by atoms with van der Waals surface area (Å²) in [7, 11) is 1.36. The van der Waals surface area contributed by atoms with Gasteiger partial charge in [0.2, 0.25) is 0 Å². The van der Waals surface area contributed by atoms with Crippen LogP contribution >= 0.6 is 0 Å². The van der Waals surface area contributed by atoms with Gasteiger partial charge in [0, 0.05) is 36.1 Å². The highest BCUT2D eigenvalue weighted by Crippen LogP contribution is 2.30. The third-order valence-corrected chi connectivity index (χ3v) is 6.40. The van der Waals surface area contributed by atoms with E-state index in [-0.39, 0.29) is 11.9 Å². The van der Waals surface area contributed by atoms with Gasteiger partial charge >= 0.3 is 12.0 Å². The number of ether oxygens (including phenoxy) is 1. The van der Waals surface area contributed by atoms with Gasteiger partial charge in [-0.15, -0.1) is 0 Å². The zero-order valence-corrected chi connectivity index (χ0v) is 18.0. The maximum atomic E-state index is 13.0. The number of carbonyl (C=O) groups is 2. The molecule has 2 atom stereocenters. The third kappa shape index (κ3) is 4.43. The Labute approximate surface area is 182 Å². The van der Waals surface area contributed by atoms with Crippen molar-refractivity contribution in [2.45, 2.75) is 37.6 Å². The van der Waals surface area contributed by atoms with E-state index in [4.69, 9.17) is 4.74 Å². The van der Waals surface area contributed by atoms with Gasteiger partial charge in [-0.2, -0.15) is 0 Å². The number of urea groups is 1. The minimum atomic E-state index is -0.761. The molecule has 0 bridgehead atoms. The highest BCUT2D eigenvalue weighted by molar-refractivity contribution is 5.88. The molecule has 2 unspecified atom stereocenters. The fourth-order valence-electron chi connectivity index (χ4n) is 4.53. The molecule has 1 aliphatic rings. The van der Waals surface area contributed by atoms with Gasteiger partial charge < -0.3 is 19.9 Å². The number of methoxy groups -OCH3 is 1. The molecule has 0 radical (unpaired) electrons. The van der Waals surface area contributed by atoms with E-state index in [0.717, 1.165) is 29.3 Å². The van der Waals surface area contributed by atoms with Crippen LogP contribution < -0.4 is 5.32 Å². The van der Waals surface area contributed by atoms with E-state index < -0.39 is 12.0 Å². The first-order valence-electron chi connectivity index (χ1n) is 10.8. The smallest absolute Gasteiger partial charge is 0.329 e. The molecule has 1 aromatic heterocycles. The molecule has 6 nitrogen and oxygen atoms in total. The van der Waals surface area contributed by atoms with Crippen LogP contribution in [0, 0.1) is 0 Å². The second-order valence-corrected chi connectivity index (χ2v) is 8.20. The lowest BCUT2D eigenvalue weighted by atomic mass is 9.89. The zero-order chi connectivity index (χ0) is 21.8. The quantitative estimate of drug-likeness (QED) is 0.602. The number of hydrogen-bond acceptors (Lipinski definition) is 3. The van der Waals surface area contributed by atoms with Crippen molar-refractivity contribution >= 4 is 22.9 Å². The van der Waals surface area contributed by atoms with Crippen molar-refractivity contribution in [3.8, 4) is 0 Å². The molecule has 0 spiro atoms. The minimum absolute atomic E-state index is 0.214. The number of aromatic nitrogens is 1. The predicted molar refractivity (Wildman–Crippen MR) is 121 cm³/mol. The fraction of sp³-hybridized carbons (Fsp3) is 0.360. The van der Waals surface area contributed by atoms with Crippen molar-refractivity contribution < 1.29 is 14.3 Å². The molecule has 2 heterocycles. The summed E-state index contributed by atoms with van der Waals surface area (Å²) in [5.74, 6) is -0.216. The molecular formula is C25H29N3O3. The standard InChI is InChI=1S/C25H29N3O3/c1-17(21-16-26-22-11-7-6-10-20(21)22)23(24(29)31-2)27-25(30)28-14-12-19(13-15-28)18-8-4-3-5-9-18/h3-11,16-17,19,23,26H,12-15H2,1-2H3,(H,27,30). The first-order chi connectivity index (χ1) is 15.1.